The number of aliphatic hydroxyl groups excluding tert-OH is 1. The third-order valence-corrected chi connectivity index (χ3v) is 0.791. The van der Waals surface area contributed by atoms with E-state index < -0.39 is 12.1 Å². The monoisotopic (exact) mass is 121 g/mol. The first-order chi connectivity index (χ1) is 3.18. The molecule has 0 aliphatic heterocycles. The van der Waals surface area contributed by atoms with Crippen molar-refractivity contribution in [1.29, 1.82) is 0 Å². The fourth-order valence-corrected chi connectivity index (χ4v) is 0.224. The molecule has 0 aromatic heterocycles. The fourth-order valence-electron chi connectivity index (χ4n) is 0.0745. The number of hydrogen-bond donors (Lipinski definition) is 2. The van der Waals surface area contributed by atoms with Gasteiger partial charge in [0.25, 0.3) is 0 Å². The predicted octanol–water partition coefficient (Wildman–Crippen LogP) is -1.97. The molecule has 7 heavy (non-hydrogen) atoms. The fraction of sp³-hybridized carbons (Fsp3) is 0.667. The number of aliphatic hydroxyl groups is 1. The molecule has 0 heterocycles. The Kier molecular flexibility index (Phi) is 2.78. The molecule has 0 fully saturated rings. The summed E-state index contributed by atoms with van der Waals surface area (Å²) in [6.45, 7) is 0. The van der Waals surface area contributed by atoms with Gasteiger partial charge >= 0.3 is 0 Å². The highest BCUT2D eigenvalue weighted by Crippen LogP contribution is 1.81. The van der Waals surface area contributed by atoms with Crippen LogP contribution in [-0.2, 0) is 4.79 Å². The van der Waals surface area contributed by atoms with Gasteiger partial charge < -0.3 is 15.0 Å². The van der Waals surface area contributed by atoms with E-state index in [1.54, 1.807) is 0 Å². The minimum atomic E-state index is -1.48. The van der Waals surface area contributed by atoms with Crippen molar-refractivity contribution in [2.75, 3.05) is 5.75 Å². The Morgan fingerprint density at radius 3 is 2.43 bits per heavy atom. The molecule has 3 nitrogen and oxygen atoms in total. The van der Waals surface area contributed by atoms with Gasteiger partial charge in [-0.1, -0.05) is 0 Å². The maximum Gasteiger partial charge on any atom is 0.102 e. The molecule has 0 saturated carbocycles. The third kappa shape index (κ3) is 2.47. The molecular formula is C3H5O3S-. The van der Waals surface area contributed by atoms with Crippen LogP contribution in [-0.4, -0.2) is 22.9 Å². The van der Waals surface area contributed by atoms with E-state index in [1.165, 1.54) is 0 Å². The van der Waals surface area contributed by atoms with Gasteiger partial charge in [-0.05, 0) is 0 Å². The number of carbonyl (C=O) groups excluding carboxylic acids is 1. The van der Waals surface area contributed by atoms with Crippen LogP contribution in [0.5, 0.6) is 0 Å². The second kappa shape index (κ2) is 2.87. The summed E-state index contributed by atoms with van der Waals surface area (Å²) in [6.07, 6.45) is -1.43. The Labute approximate surface area is 46.4 Å². The number of aliphatic carboxylic acids is 1. The minimum Gasteiger partial charge on any atom is -0.547 e. The van der Waals surface area contributed by atoms with Crippen molar-refractivity contribution >= 4 is 18.6 Å². The average Bonchev–Trinajstić information content (AvgIpc) is 1.65. The van der Waals surface area contributed by atoms with Crippen LogP contribution in [0.2, 0.25) is 0 Å². The Balaban J connectivity index is 3.34. The molecule has 0 saturated heterocycles. The number of rotatable bonds is 2. The highest BCUT2D eigenvalue weighted by Gasteiger charge is 1.97. The van der Waals surface area contributed by atoms with Crippen LogP contribution in [0.15, 0.2) is 0 Å². The third-order valence-electron chi connectivity index (χ3n) is 0.445. The molecule has 0 rings (SSSR count). The summed E-state index contributed by atoms with van der Waals surface area (Å²) in [6, 6.07) is 0. The minimum absolute atomic E-state index is 0.0949. The molecule has 0 radical (unpaired) electrons. The van der Waals surface area contributed by atoms with Gasteiger partial charge in [-0.15, -0.1) is 0 Å². The molecule has 42 valence electrons. The van der Waals surface area contributed by atoms with E-state index in [-0.39, 0.29) is 5.75 Å². The molecule has 1 N–H and O–H groups in total. The van der Waals surface area contributed by atoms with E-state index in [0.717, 1.165) is 0 Å². The molecule has 0 spiro atoms. The van der Waals surface area contributed by atoms with Crippen molar-refractivity contribution in [3.05, 3.63) is 0 Å². The summed E-state index contributed by atoms with van der Waals surface area (Å²) in [4.78, 5) is 9.52. The van der Waals surface area contributed by atoms with Crippen LogP contribution in [0.4, 0.5) is 0 Å². The lowest BCUT2D eigenvalue weighted by Gasteiger charge is -2.05. The predicted molar refractivity (Wildman–Crippen MR) is 24.9 cm³/mol. The van der Waals surface area contributed by atoms with Crippen molar-refractivity contribution in [2.24, 2.45) is 0 Å². The van der Waals surface area contributed by atoms with Gasteiger partial charge in [0.15, 0.2) is 0 Å². The number of hydrogen-bond acceptors (Lipinski definition) is 4. The smallest absolute Gasteiger partial charge is 0.102 e. The second-order valence-corrected chi connectivity index (χ2v) is 1.38. The largest absolute Gasteiger partial charge is 0.547 e. The molecule has 0 aromatic carbocycles. The number of carbonyl (C=O) groups is 1. The molecule has 0 aliphatic carbocycles. The zero-order chi connectivity index (χ0) is 5.86. The van der Waals surface area contributed by atoms with E-state index in [9.17, 15) is 9.90 Å². The van der Waals surface area contributed by atoms with Gasteiger partial charge in [0.05, 0.1) is 5.97 Å². The van der Waals surface area contributed by atoms with E-state index in [2.05, 4.69) is 12.6 Å². The highest BCUT2D eigenvalue weighted by molar-refractivity contribution is 7.80. The first-order valence-electron chi connectivity index (χ1n) is 1.68. The standard InChI is InChI=1S/C3H6O3S/c4-2(1-7)3(5)6/h2,4,7H,1H2,(H,5,6)/p-1/t2-/m0/s1. The average molecular weight is 121 g/mol. The first kappa shape index (κ1) is 6.78. The summed E-state index contributed by atoms with van der Waals surface area (Å²) >= 11 is 3.48. The van der Waals surface area contributed by atoms with Gasteiger partial charge in [-0.25, -0.2) is 0 Å². The van der Waals surface area contributed by atoms with Gasteiger partial charge in [-0.3, -0.25) is 0 Å². The van der Waals surface area contributed by atoms with Gasteiger partial charge in [0.1, 0.15) is 6.10 Å². The van der Waals surface area contributed by atoms with Crippen molar-refractivity contribution in [2.45, 2.75) is 6.10 Å². The Hall–Kier alpha value is -0.220. The van der Waals surface area contributed by atoms with Crippen LogP contribution in [0.3, 0.4) is 0 Å². The van der Waals surface area contributed by atoms with Crippen LogP contribution in [0.25, 0.3) is 0 Å². The zero-order valence-electron chi connectivity index (χ0n) is 3.50. The van der Waals surface area contributed by atoms with Crippen LogP contribution in [0.1, 0.15) is 0 Å². The quantitative estimate of drug-likeness (QED) is 0.416. The van der Waals surface area contributed by atoms with E-state index in [1.807, 2.05) is 0 Å². The summed E-state index contributed by atoms with van der Waals surface area (Å²) in [5, 5.41) is 17.7. The molecule has 0 aliphatic rings. The topological polar surface area (TPSA) is 60.4 Å². The summed E-state index contributed by atoms with van der Waals surface area (Å²) in [7, 11) is 0. The highest BCUT2D eigenvalue weighted by atomic mass is 32.1. The second-order valence-electron chi connectivity index (χ2n) is 1.02. The normalized spacial score (nSPS) is 13.4. The zero-order valence-corrected chi connectivity index (χ0v) is 4.39. The molecule has 4 heteroatoms. The molecule has 1 atom stereocenters. The maximum absolute atomic E-state index is 9.52. The summed E-state index contributed by atoms with van der Waals surface area (Å²) in [5.41, 5.74) is 0. The van der Waals surface area contributed by atoms with Crippen LogP contribution < -0.4 is 5.11 Å². The maximum atomic E-state index is 9.52. The number of thiol groups is 1. The summed E-state index contributed by atoms with van der Waals surface area (Å²) < 4.78 is 0. The number of carboxylic acids is 1. The Morgan fingerprint density at radius 2 is 2.43 bits per heavy atom. The molecule has 0 aromatic rings. The van der Waals surface area contributed by atoms with Gasteiger partial charge in [0.2, 0.25) is 0 Å². The van der Waals surface area contributed by atoms with Gasteiger partial charge in [0, 0.05) is 5.75 Å². The Morgan fingerprint density at radius 1 is 2.00 bits per heavy atom. The van der Waals surface area contributed by atoms with Crippen molar-refractivity contribution in [1.82, 2.24) is 0 Å². The van der Waals surface area contributed by atoms with E-state index >= 15 is 0 Å². The lowest BCUT2D eigenvalue weighted by molar-refractivity contribution is -0.313. The first-order valence-corrected chi connectivity index (χ1v) is 2.31. The van der Waals surface area contributed by atoms with Crippen LogP contribution in [0, 0.1) is 0 Å². The van der Waals surface area contributed by atoms with Crippen molar-refractivity contribution in [3.63, 3.8) is 0 Å². The SMILES string of the molecule is O=C([O-])[C@@H](O)CS. The Bertz CT molecular complexity index is 72.6. The van der Waals surface area contributed by atoms with Gasteiger partial charge in [-0.2, -0.15) is 12.6 Å². The molecule has 0 bridgehead atoms. The molecular weight excluding hydrogens is 116 g/mol. The van der Waals surface area contributed by atoms with E-state index in [0.29, 0.717) is 0 Å². The van der Waals surface area contributed by atoms with Crippen molar-refractivity contribution in [3.8, 4) is 0 Å². The van der Waals surface area contributed by atoms with Crippen molar-refractivity contribution < 1.29 is 15.0 Å². The molecule has 0 amide bonds. The lowest BCUT2D eigenvalue weighted by Crippen LogP contribution is -2.36. The lowest BCUT2D eigenvalue weighted by atomic mass is 10.4. The number of carboxylic acid groups (broad SMARTS) is 1. The molecule has 0 unspecified atom stereocenters. The van der Waals surface area contributed by atoms with Crippen LogP contribution >= 0.6 is 12.6 Å². The summed E-state index contributed by atoms with van der Waals surface area (Å²) in [5.74, 6) is -1.57. The van der Waals surface area contributed by atoms with E-state index in [4.69, 9.17) is 5.11 Å².